The Bertz CT molecular complexity index is 1830. The molecular weight excluding hydrogens is 524 g/mol. The van der Waals surface area contributed by atoms with Gasteiger partial charge in [0.05, 0.1) is 10.5 Å². The fraction of sp³-hybridized carbons (Fsp3) is 0.125. The number of Topliss-reactive ketones (excluding diaryl/α,β-unsaturated/α-hetero) is 1. The summed E-state index contributed by atoms with van der Waals surface area (Å²) >= 11 is 0. The van der Waals surface area contributed by atoms with Crippen LogP contribution in [0, 0.1) is 0 Å². The topological polar surface area (TPSA) is 96.5 Å². The Morgan fingerprint density at radius 3 is 2.38 bits per heavy atom. The lowest BCUT2D eigenvalue weighted by Crippen LogP contribution is -2.36. The summed E-state index contributed by atoms with van der Waals surface area (Å²) in [6.45, 7) is 0.617. The highest BCUT2D eigenvalue weighted by Crippen LogP contribution is 2.29. The zero-order valence-electron chi connectivity index (χ0n) is 21.5. The maximum absolute atomic E-state index is 13.7. The lowest BCUT2D eigenvalue weighted by molar-refractivity contribution is 0.0280. The molecule has 0 unspecified atom stereocenters. The first-order valence-corrected chi connectivity index (χ1v) is 14.4. The predicted octanol–water partition coefficient (Wildman–Crippen LogP) is 5.70. The van der Waals surface area contributed by atoms with E-state index in [4.69, 9.17) is 4.74 Å². The van der Waals surface area contributed by atoms with Crippen LogP contribution >= 0.6 is 0 Å². The fourth-order valence-electron chi connectivity index (χ4n) is 5.10. The summed E-state index contributed by atoms with van der Waals surface area (Å²) in [5.74, 6) is -1.17. The number of esters is 1. The van der Waals surface area contributed by atoms with Gasteiger partial charge in [0.1, 0.15) is 0 Å². The maximum atomic E-state index is 13.7. The van der Waals surface area contributed by atoms with Crippen LogP contribution in [0.15, 0.2) is 114 Å². The fourth-order valence-corrected chi connectivity index (χ4v) is 6.57. The minimum absolute atomic E-state index is 0.000507. The van der Waals surface area contributed by atoms with E-state index in [0.29, 0.717) is 24.1 Å². The number of ketones is 1. The number of hydrogen-bond donors (Lipinski definition) is 1. The summed E-state index contributed by atoms with van der Waals surface area (Å²) in [5.41, 5.74) is 3.86. The molecule has 0 saturated carbocycles. The van der Waals surface area contributed by atoms with Gasteiger partial charge in [0.15, 0.2) is 6.10 Å². The number of nitrogens with zero attached hydrogens (tertiary/aromatic N) is 1. The molecule has 1 aliphatic heterocycles. The van der Waals surface area contributed by atoms with Gasteiger partial charge in [0, 0.05) is 41.3 Å². The Labute approximate surface area is 232 Å². The normalized spacial score (nSPS) is 14.4. The van der Waals surface area contributed by atoms with E-state index in [1.807, 2.05) is 54.6 Å². The van der Waals surface area contributed by atoms with E-state index in [2.05, 4.69) is 4.98 Å². The first kappa shape index (κ1) is 25.7. The second-order valence-electron chi connectivity index (χ2n) is 9.69. The molecule has 1 aliphatic rings. The van der Waals surface area contributed by atoms with Crippen molar-refractivity contribution in [2.24, 2.45) is 0 Å². The Morgan fingerprint density at radius 1 is 0.825 bits per heavy atom. The van der Waals surface area contributed by atoms with Gasteiger partial charge in [-0.3, -0.25) is 4.79 Å². The largest absolute Gasteiger partial charge is 0.445 e. The smallest absolute Gasteiger partial charge is 0.339 e. The van der Waals surface area contributed by atoms with Gasteiger partial charge >= 0.3 is 5.97 Å². The number of hydrogen-bond acceptors (Lipinski definition) is 5. The van der Waals surface area contributed by atoms with Gasteiger partial charge in [0.2, 0.25) is 15.8 Å². The van der Waals surface area contributed by atoms with Crippen molar-refractivity contribution >= 4 is 32.7 Å². The van der Waals surface area contributed by atoms with Crippen molar-refractivity contribution in [1.29, 1.82) is 0 Å². The summed E-state index contributed by atoms with van der Waals surface area (Å²) in [6, 6.07) is 29.8. The van der Waals surface area contributed by atoms with E-state index in [1.165, 1.54) is 28.6 Å². The van der Waals surface area contributed by atoms with Crippen LogP contribution in [0.25, 0.3) is 10.9 Å². The molecule has 1 atom stereocenters. The SMILES string of the molecule is O=C(O[C@@H](C(=O)c1c[nH]c2ccccc12)c1ccccc1)c1cccc(S(=O)(=O)N2CCc3ccccc3C2)c1. The molecule has 7 nitrogen and oxygen atoms in total. The molecule has 1 N–H and O–H groups in total. The number of rotatable bonds is 7. The van der Waals surface area contributed by atoms with Gasteiger partial charge in [-0.2, -0.15) is 4.31 Å². The summed E-state index contributed by atoms with van der Waals surface area (Å²) in [5, 5.41) is 0.723. The highest BCUT2D eigenvalue weighted by Gasteiger charge is 2.31. The van der Waals surface area contributed by atoms with E-state index < -0.39 is 22.1 Å². The van der Waals surface area contributed by atoms with Gasteiger partial charge in [-0.1, -0.05) is 78.9 Å². The van der Waals surface area contributed by atoms with Crippen molar-refractivity contribution in [3.63, 3.8) is 0 Å². The molecule has 8 heteroatoms. The zero-order chi connectivity index (χ0) is 27.7. The molecule has 0 spiro atoms. The van der Waals surface area contributed by atoms with E-state index >= 15 is 0 Å². The first-order chi connectivity index (χ1) is 19.4. The van der Waals surface area contributed by atoms with Gasteiger partial charge in [-0.05, 0) is 41.8 Å². The standard InChI is InChI=1S/C32H26N2O5S/c35-30(28-20-33-29-16-7-6-15-27(28)29)31(23-10-2-1-3-11-23)39-32(36)24-13-8-14-26(19-24)40(37,38)34-18-17-22-9-4-5-12-25(22)21-34/h1-16,19-20,31,33H,17-18,21H2/t31-/m1/s1. The summed E-state index contributed by atoms with van der Waals surface area (Å²) in [6.07, 6.45) is 1.01. The quantitative estimate of drug-likeness (QED) is 0.207. The lowest BCUT2D eigenvalue weighted by atomic mass is 9.99. The van der Waals surface area contributed by atoms with E-state index in [9.17, 15) is 18.0 Å². The van der Waals surface area contributed by atoms with Crippen LogP contribution in [-0.4, -0.2) is 36.0 Å². The molecule has 200 valence electrons. The van der Waals surface area contributed by atoms with Crippen molar-refractivity contribution < 1.29 is 22.7 Å². The number of ether oxygens (including phenoxy) is 1. The Balaban J connectivity index is 1.28. The molecule has 0 fully saturated rings. The van der Waals surface area contributed by atoms with Crippen molar-refractivity contribution in [2.75, 3.05) is 6.54 Å². The molecule has 0 amide bonds. The van der Waals surface area contributed by atoms with Crippen LogP contribution in [0.3, 0.4) is 0 Å². The Morgan fingerprint density at radius 2 is 1.55 bits per heavy atom. The average molecular weight is 551 g/mol. The summed E-state index contributed by atoms with van der Waals surface area (Å²) in [7, 11) is -3.86. The molecule has 0 aliphatic carbocycles. The molecule has 0 bridgehead atoms. The third-order valence-electron chi connectivity index (χ3n) is 7.22. The van der Waals surface area contributed by atoms with Crippen LogP contribution in [0.4, 0.5) is 0 Å². The Kier molecular flexibility index (Phi) is 6.79. The molecule has 2 heterocycles. The van der Waals surface area contributed by atoms with Crippen LogP contribution in [0.1, 0.15) is 43.5 Å². The number of carbonyl (C=O) groups excluding carboxylic acids is 2. The number of para-hydroxylation sites is 1. The van der Waals surface area contributed by atoms with Crippen molar-refractivity contribution in [1.82, 2.24) is 9.29 Å². The molecular formula is C32H26N2O5S. The summed E-state index contributed by atoms with van der Waals surface area (Å²) in [4.78, 5) is 30.2. The molecule has 4 aromatic carbocycles. The number of fused-ring (bicyclic) bond motifs is 2. The van der Waals surface area contributed by atoms with Crippen molar-refractivity contribution in [2.45, 2.75) is 24.0 Å². The third-order valence-corrected chi connectivity index (χ3v) is 9.06. The van der Waals surface area contributed by atoms with Crippen LogP contribution in [0.2, 0.25) is 0 Å². The van der Waals surface area contributed by atoms with Crippen molar-refractivity contribution in [3.8, 4) is 0 Å². The average Bonchev–Trinajstić information content (AvgIpc) is 3.44. The van der Waals surface area contributed by atoms with Crippen LogP contribution < -0.4 is 0 Å². The van der Waals surface area contributed by atoms with E-state index in [-0.39, 0.29) is 22.8 Å². The Hall–Kier alpha value is -4.53. The number of nitrogens with one attached hydrogen (secondary N) is 1. The van der Waals surface area contributed by atoms with Crippen LogP contribution in [0.5, 0.6) is 0 Å². The van der Waals surface area contributed by atoms with Crippen LogP contribution in [-0.2, 0) is 27.7 Å². The van der Waals surface area contributed by atoms with E-state index in [0.717, 1.165) is 22.0 Å². The lowest BCUT2D eigenvalue weighted by Gasteiger charge is -2.28. The number of aromatic amines is 1. The van der Waals surface area contributed by atoms with Gasteiger partial charge in [0.25, 0.3) is 0 Å². The summed E-state index contributed by atoms with van der Waals surface area (Å²) < 4.78 is 34.3. The van der Waals surface area contributed by atoms with E-state index in [1.54, 1.807) is 30.5 Å². The van der Waals surface area contributed by atoms with Crippen molar-refractivity contribution in [3.05, 3.63) is 137 Å². The predicted molar refractivity (Wildman–Crippen MR) is 151 cm³/mol. The minimum atomic E-state index is -3.86. The molecule has 0 radical (unpaired) electrons. The van der Waals surface area contributed by atoms with Gasteiger partial charge in [-0.15, -0.1) is 0 Å². The molecule has 40 heavy (non-hydrogen) atoms. The second kappa shape index (κ2) is 10.6. The molecule has 5 aromatic rings. The first-order valence-electron chi connectivity index (χ1n) is 12.9. The number of H-pyrrole nitrogens is 1. The molecule has 1 aromatic heterocycles. The van der Waals surface area contributed by atoms with Gasteiger partial charge in [-0.25, -0.2) is 13.2 Å². The molecule has 6 rings (SSSR count). The maximum Gasteiger partial charge on any atom is 0.339 e. The highest BCUT2D eigenvalue weighted by atomic mass is 32.2. The number of benzene rings is 4. The minimum Gasteiger partial charge on any atom is -0.445 e. The highest BCUT2D eigenvalue weighted by molar-refractivity contribution is 7.89. The number of sulfonamides is 1. The monoisotopic (exact) mass is 550 g/mol. The second-order valence-corrected chi connectivity index (χ2v) is 11.6. The zero-order valence-corrected chi connectivity index (χ0v) is 22.3. The number of carbonyl (C=O) groups is 2. The number of aromatic nitrogens is 1. The van der Waals surface area contributed by atoms with Gasteiger partial charge < -0.3 is 9.72 Å². The molecule has 0 saturated heterocycles. The third kappa shape index (κ3) is 4.83.